The molecular weight excluding hydrogens is 711 g/mol. The first kappa shape index (κ1) is 54.1. The van der Waals surface area contributed by atoms with Gasteiger partial charge in [0, 0.05) is 19.8 Å². The maximum atomic E-state index is 11.4. The zero-order valence-corrected chi connectivity index (χ0v) is 22.6. The molecule has 0 heterocycles. The fraction of sp³-hybridized carbons (Fsp3) is 0.750. The van der Waals surface area contributed by atoms with Gasteiger partial charge in [-0.25, -0.2) is 0 Å². The number of rotatable bonds is 2. The third-order valence-corrected chi connectivity index (χ3v) is 4.41. The number of halogens is 6. The van der Waals surface area contributed by atoms with Gasteiger partial charge < -0.3 is 35.5 Å². The van der Waals surface area contributed by atoms with Crippen molar-refractivity contribution in [2.75, 3.05) is 7.11 Å². The largest absolute Gasteiger partial charge is 0.522 e. The molecule has 0 saturated carbocycles. The van der Waals surface area contributed by atoms with Crippen molar-refractivity contribution in [3.05, 3.63) is 12.2 Å². The Morgan fingerprint density at radius 2 is 1.12 bits per heavy atom. The summed E-state index contributed by atoms with van der Waals surface area (Å²) in [5.74, 6) is 0.240. The Bertz CT molecular complexity index is 735. The Morgan fingerprint density at radius 1 is 0.853 bits per heavy atom. The van der Waals surface area contributed by atoms with E-state index in [0.29, 0.717) is 5.92 Å². The number of hydrogen-bond acceptors (Lipinski definition) is 11. The van der Waals surface area contributed by atoms with Gasteiger partial charge in [-0.1, -0.05) is 12.2 Å². The first-order valence-electron chi connectivity index (χ1n) is 6.91. The normalized spacial score (nSPS) is 14.6. The number of methoxy groups -OCH3 is 1. The molecule has 22 heteroatoms. The van der Waals surface area contributed by atoms with Gasteiger partial charge in [0.1, 0.15) is 0 Å². The van der Waals surface area contributed by atoms with E-state index in [0.717, 1.165) is 12.8 Å². The molecule has 0 aromatic carbocycles. The Balaban J connectivity index is -0.0000000470. The molecular formula is C12H33F6N5O8OsS2. The van der Waals surface area contributed by atoms with Gasteiger partial charge in [0.05, 0.1) is 12.5 Å². The molecule has 0 spiro atoms. The smallest absolute Gasteiger partial charge is 0.469 e. The summed E-state index contributed by atoms with van der Waals surface area (Å²) >= 11 is 0. The van der Waals surface area contributed by atoms with Crippen molar-refractivity contribution in [2.45, 2.75) is 37.7 Å². The molecule has 0 aromatic heterocycles. The average molecular weight is 744 g/mol. The summed E-state index contributed by atoms with van der Waals surface area (Å²) in [4.78, 5) is 11.4. The van der Waals surface area contributed by atoms with E-state index in [1.54, 1.807) is 0 Å². The van der Waals surface area contributed by atoms with Crippen molar-refractivity contribution in [3.8, 4) is 0 Å². The van der Waals surface area contributed by atoms with Crippen LogP contribution in [0.1, 0.15) is 26.7 Å². The first-order chi connectivity index (χ1) is 12.1. The molecule has 17 N–H and O–H groups in total. The van der Waals surface area contributed by atoms with Crippen molar-refractivity contribution in [3.63, 3.8) is 0 Å². The minimum atomic E-state index is -5.84. The first-order valence-corrected chi connectivity index (χ1v) is 9.79. The van der Waals surface area contributed by atoms with Crippen molar-refractivity contribution in [1.82, 2.24) is 30.8 Å². The molecule has 0 radical (unpaired) electrons. The van der Waals surface area contributed by atoms with Crippen LogP contribution in [0.15, 0.2) is 12.2 Å². The van der Waals surface area contributed by atoms with Crippen LogP contribution in [0.5, 0.6) is 0 Å². The van der Waals surface area contributed by atoms with Crippen LogP contribution in [0, 0.1) is 11.3 Å². The van der Waals surface area contributed by atoms with Crippen LogP contribution in [-0.4, -0.2) is 50.0 Å². The second kappa shape index (κ2) is 19.3. The molecule has 0 bridgehead atoms. The van der Waals surface area contributed by atoms with Gasteiger partial charge in [-0.05, 0) is 32.6 Å². The molecule has 1 aliphatic rings. The van der Waals surface area contributed by atoms with Crippen LogP contribution in [0.3, 0.4) is 0 Å². The van der Waals surface area contributed by atoms with Crippen molar-refractivity contribution in [1.29, 1.82) is 0 Å². The Hall–Kier alpha value is -0.954. The topological polar surface area (TPSA) is 310 Å². The van der Waals surface area contributed by atoms with Crippen molar-refractivity contribution in [2.24, 2.45) is 11.3 Å². The summed E-state index contributed by atoms with van der Waals surface area (Å²) in [6.07, 6.45) is 6.42. The molecule has 13 nitrogen and oxygen atoms in total. The Kier molecular flexibility index (Phi) is 30.6. The molecule has 216 valence electrons. The number of ether oxygens (including phenoxy) is 1. The van der Waals surface area contributed by atoms with Crippen LogP contribution in [0.25, 0.3) is 0 Å². The second-order valence-corrected chi connectivity index (χ2v) is 8.49. The predicted octanol–water partition coefficient (Wildman–Crippen LogP) is 3.75. The van der Waals surface area contributed by atoms with E-state index in [9.17, 15) is 31.1 Å². The van der Waals surface area contributed by atoms with Crippen LogP contribution in [0.4, 0.5) is 26.3 Å². The van der Waals surface area contributed by atoms with Crippen LogP contribution in [0.2, 0.25) is 0 Å². The summed E-state index contributed by atoms with van der Waals surface area (Å²) in [5.41, 5.74) is -11.4. The summed E-state index contributed by atoms with van der Waals surface area (Å²) in [6.45, 7) is 3.89. The molecule has 0 amide bonds. The number of hydrogen-bond donors (Lipinski definition) is 7. The van der Waals surface area contributed by atoms with Crippen LogP contribution < -0.4 is 30.8 Å². The van der Waals surface area contributed by atoms with E-state index in [-0.39, 0.29) is 61.9 Å². The van der Waals surface area contributed by atoms with Crippen molar-refractivity contribution >= 4 is 26.2 Å². The minimum absolute atomic E-state index is 0. The van der Waals surface area contributed by atoms with Gasteiger partial charge in [0.15, 0.2) is 0 Å². The van der Waals surface area contributed by atoms with E-state index in [4.69, 9.17) is 30.7 Å². The van der Waals surface area contributed by atoms with Crippen LogP contribution >= 0.6 is 0 Å². The third-order valence-electron chi connectivity index (χ3n) is 3.24. The number of carbonyl (C=O) groups excluding carboxylic acids is 1. The Labute approximate surface area is 206 Å². The third kappa shape index (κ3) is 19.4. The Morgan fingerprint density at radius 3 is 1.26 bits per heavy atom. The van der Waals surface area contributed by atoms with E-state index in [1.165, 1.54) is 7.11 Å². The number of esters is 1. The predicted molar refractivity (Wildman–Crippen MR) is 108 cm³/mol. The molecule has 0 fully saturated rings. The average Bonchev–Trinajstić information content (AvgIpc) is 2.98. The zero-order chi connectivity index (χ0) is 23.2. The molecule has 34 heavy (non-hydrogen) atoms. The van der Waals surface area contributed by atoms with Gasteiger partial charge in [-0.3, -0.25) is 13.9 Å². The molecule has 1 unspecified atom stereocenters. The van der Waals surface area contributed by atoms with Gasteiger partial charge in [0.2, 0.25) is 0 Å². The second-order valence-electron chi connectivity index (χ2n) is 5.67. The molecule has 0 aliphatic heterocycles. The summed E-state index contributed by atoms with van der Waals surface area (Å²) in [7, 11) is -10.2. The quantitative estimate of drug-likeness (QED) is 0.0698. The van der Waals surface area contributed by atoms with Crippen molar-refractivity contribution < 1.29 is 81.6 Å². The summed E-state index contributed by atoms with van der Waals surface area (Å²) in [5, 5.41) is 0. The van der Waals surface area contributed by atoms with E-state index in [1.807, 2.05) is 13.8 Å². The van der Waals surface area contributed by atoms with Gasteiger partial charge >= 0.3 is 37.2 Å². The monoisotopic (exact) mass is 745 g/mol. The number of alkyl halides is 6. The molecule has 0 aromatic rings. The van der Waals surface area contributed by atoms with Gasteiger partial charge in [-0.15, -0.1) is 0 Å². The zero-order valence-electron chi connectivity index (χ0n) is 18.5. The van der Waals surface area contributed by atoms with E-state index < -0.39 is 31.3 Å². The van der Waals surface area contributed by atoms with E-state index >= 15 is 0 Å². The van der Waals surface area contributed by atoms with E-state index in [2.05, 4.69) is 12.2 Å². The molecule has 1 rings (SSSR count). The number of carbonyl (C=O) groups is 1. The fourth-order valence-corrected chi connectivity index (χ4v) is 1.65. The maximum Gasteiger partial charge on any atom is 0.522 e. The minimum Gasteiger partial charge on any atom is -0.469 e. The van der Waals surface area contributed by atoms with Gasteiger partial charge in [0.25, 0.3) is 0 Å². The molecule has 1 atom stereocenters. The van der Waals surface area contributed by atoms with Gasteiger partial charge in [-0.2, -0.15) is 43.2 Å². The number of allylic oxidation sites excluding steroid dienone is 2. The summed E-state index contributed by atoms with van der Waals surface area (Å²) in [6, 6.07) is 0. The van der Waals surface area contributed by atoms with Crippen LogP contribution in [-0.2, 0) is 49.6 Å². The summed E-state index contributed by atoms with van der Waals surface area (Å²) < 4.78 is 120. The SMILES string of the molecule is COC(=O)C(C)(C)C1C=CCC1.N.N.N.N.N.O=S(=O)(O)C(F)(F)F.O=S(=O)(O)C(F)(F)F.[Os]. The maximum absolute atomic E-state index is 11.4. The molecule has 0 saturated heterocycles. The fourth-order valence-electron chi connectivity index (χ4n) is 1.65. The standard InChI is InChI=1S/C10H16O2.2CHF3O3S.5H3N.Os/c1-10(2,9(11)12-3)8-6-4-5-7-8;2*2-1(3,4)8(5,6)7;;;;;;/h4,6,8H,5,7H2,1-3H3;2*(H,5,6,7);5*1H3;. The molecule has 1 aliphatic carbocycles.